The first kappa shape index (κ1) is 21.4. The van der Waals surface area contributed by atoms with Crippen molar-refractivity contribution in [3.63, 3.8) is 0 Å². The van der Waals surface area contributed by atoms with Crippen LogP contribution in [0.1, 0.15) is 30.9 Å². The number of ether oxygens (including phenoxy) is 1. The van der Waals surface area contributed by atoms with Crippen molar-refractivity contribution in [2.75, 3.05) is 27.2 Å². The zero-order valence-electron chi connectivity index (χ0n) is 17.6. The average molecular weight is 389 g/mol. The molecule has 151 valence electrons. The van der Waals surface area contributed by atoms with Gasteiger partial charge in [-0.1, -0.05) is 36.8 Å². The standard InChI is InChI=1S/C26H30NO2/c1-4-25(20-8-5-6-9-20)26(21-10-14-23(28)15-11-21)22-12-16-24(17-13-22)29-19-7-18-27(2)3/h5-6,8-17,28H,4,7,18-19H2,1-3H3/b26-25-. The second-order valence-electron chi connectivity index (χ2n) is 7.46. The van der Waals surface area contributed by atoms with E-state index in [9.17, 15) is 5.11 Å². The fourth-order valence-electron chi connectivity index (χ4n) is 3.53. The van der Waals surface area contributed by atoms with Crippen molar-refractivity contribution in [1.29, 1.82) is 0 Å². The number of hydrogen-bond acceptors (Lipinski definition) is 3. The van der Waals surface area contributed by atoms with E-state index < -0.39 is 0 Å². The van der Waals surface area contributed by atoms with Gasteiger partial charge in [0.05, 0.1) is 6.61 Å². The summed E-state index contributed by atoms with van der Waals surface area (Å²) >= 11 is 0. The predicted molar refractivity (Wildman–Crippen MR) is 120 cm³/mol. The largest absolute Gasteiger partial charge is 0.508 e. The van der Waals surface area contributed by atoms with Gasteiger partial charge < -0.3 is 14.7 Å². The third-order valence-electron chi connectivity index (χ3n) is 4.98. The molecular formula is C26H30NO2. The Morgan fingerprint density at radius 3 is 2.03 bits per heavy atom. The SMILES string of the molecule is CC/C([C]1[CH][CH][CH][CH]1)=C(\c1ccc(O)cc1)c1ccc(OCCCN(C)C)cc1. The van der Waals surface area contributed by atoms with Crippen LogP contribution in [0.15, 0.2) is 54.1 Å². The second kappa shape index (κ2) is 10.5. The van der Waals surface area contributed by atoms with Crippen molar-refractivity contribution in [1.82, 2.24) is 4.90 Å². The Kier molecular flexibility index (Phi) is 7.76. The van der Waals surface area contributed by atoms with E-state index in [1.54, 1.807) is 12.1 Å². The monoisotopic (exact) mass is 388 g/mol. The van der Waals surface area contributed by atoms with E-state index in [-0.39, 0.29) is 5.75 Å². The van der Waals surface area contributed by atoms with Gasteiger partial charge in [-0.15, -0.1) is 0 Å². The number of nitrogens with zero attached hydrogens (tertiary/aromatic N) is 1. The molecule has 2 aromatic rings. The molecule has 3 heteroatoms. The Labute approximate surface area is 176 Å². The molecule has 1 fully saturated rings. The van der Waals surface area contributed by atoms with Crippen molar-refractivity contribution in [2.24, 2.45) is 0 Å². The van der Waals surface area contributed by atoms with Crippen LogP contribution >= 0.6 is 0 Å². The normalized spacial score (nSPS) is 15.6. The molecule has 0 heterocycles. The van der Waals surface area contributed by atoms with Crippen LogP contribution < -0.4 is 4.74 Å². The number of phenols is 1. The van der Waals surface area contributed by atoms with Gasteiger partial charge in [0.2, 0.25) is 0 Å². The summed E-state index contributed by atoms with van der Waals surface area (Å²) < 4.78 is 5.90. The molecule has 0 bridgehead atoms. The Hall–Kier alpha value is -2.26. The Morgan fingerprint density at radius 2 is 1.48 bits per heavy atom. The molecule has 29 heavy (non-hydrogen) atoms. The van der Waals surface area contributed by atoms with E-state index >= 15 is 0 Å². The van der Waals surface area contributed by atoms with Crippen LogP contribution in [0, 0.1) is 31.6 Å². The van der Waals surface area contributed by atoms with E-state index in [4.69, 9.17) is 4.74 Å². The van der Waals surface area contributed by atoms with Crippen molar-refractivity contribution in [2.45, 2.75) is 19.8 Å². The molecule has 1 aliphatic rings. The molecule has 0 amide bonds. The molecule has 1 saturated carbocycles. The molecule has 0 atom stereocenters. The van der Waals surface area contributed by atoms with E-state index in [1.807, 2.05) is 24.3 Å². The lowest BCUT2D eigenvalue weighted by Gasteiger charge is -2.20. The molecule has 0 saturated heterocycles. The lowest BCUT2D eigenvalue weighted by Crippen LogP contribution is -2.15. The molecule has 1 N–H and O–H groups in total. The van der Waals surface area contributed by atoms with Gasteiger partial charge in [0, 0.05) is 12.5 Å². The minimum atomic E-state index is 0.279. The maximum absolute atomic E-state index is 9.73. The predicted octanol–water partition coefficient (Wildman–Crippen LogP) is 5.34. The minimum absolute atomic E-state index is 0.279. The molecule has 0 aliphatic heterocycles. The molecule has 5 radical (unpaired) electrons. The summed E-state index contributed by atoms with van der Waals surface area (Å²) in [5.74, 6) is 2.41. The number of rotatable bonds is 9. The first-order valence-corrected chi connectivity index (χ1v) is 10.2. The van der Waals surface area contributed by atoms with Crippen LogP contribution in [0.3, 0.4) is 0 Å². The van der Waals surface area contributed by atoms with Gasteiger partial charge in [-0.3, -0.25) is 0 Å². The van der Waals surface area contributed by atoms with Gasteiger partial charge in [0.25, 0.3) is 0 Å². The lowest BCUT2D eigenvalue weighted by atomic mass is 9.84. The Balaban J connectivity index is 1.87. The smallest absolute Gasteiger partial charge is 0.119 e. The maximum Gasteiger partial charge on any atom is 0.119 e. The van der Waals surface area contributed by atoms with Crippen LogP contribution in [0.5, 0.6) is 11.5 Å². The van der Waals surface area contributed by atoms with Gasteiger partial charge >= 0.3 is 0 Å². The summed E-state index contributed by atoms with van der Waals surface area (Å²) in [5.41, 5.74) is 4.73. The third kappa shape index (κ3) is 5.86. The first-order valence-electron chi connectivity index (χ1n) is 10.2. The quantitative estimate of drug-likeness (QED) is 0.589. The van der Waals surface area contributed by atoms with Crippen LogP contribution in [0.2, 0.25) is 0 Å². The molecule has 0 spiro atoms. The lowest BCUT2D eigenvalue weighted by molar-refractivity contribution is 0.281. The van der Waals surface area contributed by atoms with Crippen molar-refractivity contribution < 1.29 is 9.84 Å². The van der Waals surface area contributed by atoms with Gasteiger partial charge in [-0.2, -0.15) is 0 Å². The van der Waals surface area contributed by atoms with Gasteiger partial charge in [0.1, 0.15) is 11.5 Å². The number of benzene rings is 2. The summed E-state index contributed by atoms with van der Waals surface area (Å²) in [7, 11) is 4.15. The number of aromatic hydroxyl groups is 1. The van der Waals surface area contributed by atoms with Crippen molar-refractivity contribution in [3.05, 3.63) is 96.8 Å². The van der Waals surface area contributed by atoms with Crippen molar-refractivity contribution >= 4 is 5.57 Å². The maximum atomic E-state index is 9.73. The molecule has 3 rings (SSSR count). The fourth-order valence-corrected chi connectivity index (χ4v) is 3.53. The van der Waals surface area contributed by atoms with Crippen LogP contribution in [0.4, 0.5) is 0 Å². The Bertz CT molecular complexity index is 784. The van der Waals surface area contributed by atoms with Gasteiger partial charge in [-0.25, -0.2) is 0 Å². The minimum Gasteiger partial charge on any atom is -0.508 e. The number of phenolic OH excluding ortho intramolecular Hbond substituents is 1. The molecule has 0 aromatic heterocycles. The van der Waals surface area contributed by atoms with Crippen LogP contribution in [0.25, 0.3) is 5.57 Å². The summed E-state index contributed by atoms with van der Waals surface area (Å²) in [6.07, 6.45) is 10.4. The summed E-state index contributed by atoms with van der Waals surface area (Å²) in [6.45, 7) is 3.92. The molecule has 0 unspecified atom stereocenters. The highest BCUT2D eigenvalue weighted by Gasteiger charge is 2.24. The van der Waals surface area contributed by atoms with E-state index in [1.165, 1.54) is 17.1 Å². The fraction of sp³-hybridized carbons (Fsp3) is 0.269. The topological polar surface area (TPSA) is 32.7 Å². The van der Waals surface area contributed by atoms with Gasteiger partial charge in [-0.05, 0) is 93.6 Å². The highest BCUT2D eigenvalue weighted by atomic mass is 16.5. The summed E-state index contributed by atoms with van der Waals surface area (Å²) in [6, 6.07) is 15.8. The highest BCUT2D eigenvalue weighted by molar-refractivity contribution is 5.85. The molecule has 1 aliphatic carbocycles. The molecular weight excluding hydrogens is 358 g/mol. The number of hydrogen-bond donors (Lipinski definition) is 1. The molecule has 2 aromatic carbocycles. The summed E-state index contributed by atoms with van der Waals surface area (Å²) in [4.78, 5) is 2.16. The van der Waals surface area contributed by atoms with E-state index in [2.05, 4.69) is 63.7 Å². The zero-order chi connectivity index (χ0) is 20.6. The second-order valence-corrected chi connectivity index (χ2v) is 7.46. The highest BCUT2D eigenvalue weighted by Crippen LogP contribution is 2.40. The van der Waals surface area contributed by atoms with E-state index in [0.717, 1.165) is 36.3 Å². The Morgan fingerprint density at radius 1 is 0.897 bits per heavy atom. The van der Waals surface area contributed by atoms with Crippen LogP contribution in [-0.2, 0) is 0 Å². The molecule has 3 nitrogen and oxygen atoms in total. The average Bonchev–Trinajstić information content (AvgIpc) is 3.25. The number of allylic oxidation sites excluding steroid dienone is 1. The van der Waals surface area contributed by atoms with E-state index in [0.29, 0.717) is 6.61 Å². The summed E-state index contributed by atoms with van der Waals surface area (Å²) in [5, 5.41) is 9.73. The van der Waals surface area contributed by atoms with Gasteiger partial charge in [0.15, 0.2) is 0 Å². The van der Waals surface area contributed by atoms with Crippen LogP contribution in [-0.4, -0.2) is 37.3 Å². The van der Waals surface area contributed by atoms with Crippen molar-refractivity contribution in [3.8, 4) is 11.5 Å². The first-order chi connectivity index (χ1) is 14.1. The third-order valence-corrected chi connectivity index (χ3v) is 4.98. The zero-order valence-corrected chi connectivity index (χ0v) is 17.6.